The van der Waals surface area contributed by atoms with Crippen molar-refractivity contribution in [1.29, 1.82) is 0 Å². The highest BCUT2D eigenvalue weighted by Gasteiger charge is 2.15. The Balaban J connectivity index is 2.72. The Kier molecular flexibility index (Phi) is 7.19. The maximum absolute atomic E-state index is 6.22. The molecule has 0 amide bonds. The Morgan fingerprint density at radius 2 is 1.83 bits per heavy atom. The molecule has 1 aromatic rings. The van der Waals surface area contributed by atoms with E-state index in [-0.39, 0.29) is 6.04 Å². The van der Waals surface area contributed by atoms with Crippen molar-refractivity contribution in [1.82, 2.24) is 5.32 Å². The fourth-order valence-electron chi connectivity index (χ4n) is 1.73. The number of hydrogen-bond donors (Lipinski definition) is 1. The highest BCUT2D eigenvalue weighted by atomic mass is 35.5. The zero-order valence-corrected chi connectivity index (χ0v) is 13.9. The predicted molar refractivity (Wildman–Crippen MR) is 85.5 cm³/mol. The Hall–Kier alpha value is 0.400. The minimum Gasteiger partial charge on any atom is -0.307 e. The van der Waals surface area contributed by atoms with E-state index in [0.717, 1.165) is 17.1 Å². The van der Waals surface area contributed by atoms with Crippen molar-refractivity contribution in [2.24, 2.45) is 0 Å². The fourth-order valence-corrected chi connectivity index (χ4v) is 3.13. The average Bonchev–Trinajstić information content (AvgIpc) is 2.33. The molecule has 5 heteroatoms. The van der Waals surface area contributed by atoms with Gasteiger partial charge in [-0.3, -0.25) is 0 Å². The van der Waals surface area contributed by atoms with Crippen LogP contribution in [0.2, 0.25) is 15.1 Å². The summed E-state index contributed by atoms with van der Waals surface area (Å²) in [5.74, 6) is 2.22. The van der Waals surface area contributed by atoms with E-state index in [4.69, 9.17) is 34.8 Å². The first-order chi connectivity index (χ1) is 8.47. The summed E-state index contributed by atoms with van der Waals surface area (Å²) in [6.07, 6.45) is 0. The summed E-state index contributed by atoms with van der Waals surface area (Å²) in [6.45, 7) is 6.42. The van der Waals surface area contributed by atoms with Crippen molar-refractivity contribution in [3.8, 4) is 0 Å². The van der Waals surface area contributed by atoms with Crippen molar-refractivity contribution in [3.63, 3.8) is 0 Å². The molecule has 0 saturated carbocycles. The molecule has 0 fully saturated rings. The molecular formula is C13H18Cl3NS. The zero-order valence-electron chi connectivity index (χ0n) is 10.8. The molecule has 18 heavy (non-hydrogen) atoms. The van der Waals surface area contributed by atoms with Crippen molar-refractivity contribution in [2.75, 3.05) is 11.5 Å². The number of benzene rings is 1. The van der Waals surface area contributed by atoms with E-state index in [1.54, 1.807) is 6.07 Å². The van der Waals surface area contributed by atoms with Gasteiger partial charge in [-0.2, -0.15) is 11.8 Å². The molecule has 0 saturated heterocycles. The van der Waals surface area contributed by atoms with Gasteiger partial charge in [0, 0.05) is 17.8 Å². The van der Waals surface area contributed by atoms with Crippen molar-refractivity contribution >= 4 is 46.6 Å². The second-order valence-corrected chi connectivity index (χ2v) is 6.70. The third kappa shape index (κ3) is 4.50. The van der Waals surface area contributed by atoms with E-state index in [1.165, 1.54) is 0 Å². The summed E-state index contributed by atoms with van der Waals surface area (Å²) in [5, 5.41) is 4.98. The summed E-state index contributed by atoms with van der Waals surface area (Å²) in [5.41, 5.74) is 0.986. The van der Waals surface area contributed by atoms with E-state index in [2.05, 4.69) is 26.1 Å². The lowest BCUT2D eigenvalue weighted by molar-refractivity contribution is 0.511. The Morgan fingerprint density at radius 3 is 2.44 bits per heavy atom. The largest absolute Gasteiger partial charge is 0.307 e. The number of rotatable bonds is 6. The average molecular weight is 327 g/mol. The molecule has 0 aromatic heterocycles. The van der Waals surface area contributed by atoms with Crippen LogP contribution >= 0.6 is 46.6 Å². The Labute approximate surface area is 129 Å². The van der Waals surface area contributed by atoms with Gasteiger partial charge in [-0.1, -0.05) is 47.8 Å². The van der Waals surface area contributed by atoms with Crippen LogP contribution in [0.1, 0.15) is 32.4 Å². The van der Waals surface area contributed by atoms with Crippen LogP contribution in [-0.2, 0) is 0 Å². The molecule has 1 aromatic carbocycles. The van der Waals surface area contributed by atoms with Gasteiger partial charge in [-0.05, 0) is 31.2 Å². The summed E-state index contributed by atoms with van der Waals surface area (Å²) in [6, 6.07) is 4.29. The van der Waals surface area contributed by atoms with Crippen LogP contribution < -0.4 is 5.32 Å². The van der Waals surface area contributed by atoms with Gasteiger partial charge in [0.25, 0.3) is 0 Å². The number of hydrogen-bond acceptors (Lipinski definition) is 2. The second kappa shape index (κ2) is 7.86. The molecule has 0 heterocycles. The topological polar surface area (TPSA) is 12.0 Å². The highest BCUT2D eigenvalue weighted by molar-refractivity contribution is 7.99. The summed E-state index contributed by atoms with van der Waals surface area (Å²) >= 11 is 20.1. The molecule has 102 valence electrons. The number of nitrogens with one attached hydrogen (secondary N) is 1. The van der Waals surface area contributed by atoms with Gasteiger partial charge >= 0.3 is 0 Å². The summed E-state index contributed by atoms with van der Waals surface area (Å²) in [4.78, 5) is 0. The van der Waals surface area contributed by atoms with Crippen LogP contribution in [0, 0.1) is 0 Å². The van der Waals surface area contributed by atoms with Crippen LogP contribution in [-0.4, -0.2) is 17.5 Å². The van der Waals surface area contributed by atoms with E-state index in [9.17, 15) is 0 Å². The maximum Gasteiger partial charge on any atom is 0.0781 e. The quantitative estimate of drug-likeness (QED) is 0.699. The first kappa shape index (κ1) is 16.5. The zero-order chi connectivity index (χ0) is 13.7. The fraction of sp³-hybridized carbons (Fsp3) is 0.538. The lowest BCUT2D eigenvalue weighted by Gasteiger charge is -2.21. The minimum atomic E-state index is 0.153. The standard InChI is InChI=1S/C13H18Cl3NS/c1-4-18-7-8(2)17-9(3)10-5-6-11(14)13(16)12(10)15/h5-6,8-9,17H,4,7H2,1-3H3. The molecule has 0 aliphatic carbocycles. The third-order valence-electron chi connectivity index (χ3n) is 2.64. The first-order valence-electron chi connectivity index (χ1n) is 5.94. The SMILES string of the molecule is CCSCC(C)NC(C)c1ccc(Cl)c(Cl)c1Cl. The minimum absolute atomic E-state index is 0.153. The number of halogens is 3. The molecule has 1 rings (SSSR count). The van der Waals surface area contributed by atoms with E-state index in [1.807, 2.05) is 17.8 Å². The van der Waals surface area contributed by atoms with Crippen LogP contribution in [0.3, 0.4) is 0 Å². The van der Waals surface area contributed by atoms with Gasteiger partial charge in [-0.25, -0.2) is 0 Å². The molecule has 0 aliphatic heterocycles. The van der Waals surface area contributed by atoms with Crippen LogP contribution in [0.15, 0.2) is 12.1 Å². The van der Waals surface area contributed by atoms with Crippen molar-refractivity contribution < 1.29 is 0 Å². The van der Waals surface area contributed by atoms with Crippen molar-refractivity contribution in [2.45, 2.75) is 32.9 Å². The maximum atomic E-state index is 6.22. The van der Waals surface area contributed by atoms with Gasteiger partial charge in [0.05, 0.1) is 15.1 Å². The van der Waals surface area contributed by atoms with E-state index < -0.39 is 0 Å². The first-order valence-corrected chi connectivity index (χ1v) is 8.23. The van der Waals surface area contributed by atoms with Gasteiger partial charge in [-0.15, -0.1) is 0 Å². The smallest absolute Gasteiger partial charge is 0.0781 e. The Morgan fingerprint density at radius 1 is 1.17 bits per heavy atom. The molecule has 0 aliphatic rings. The van der Waals surface area contributed by atoms with Gasteiger partial charge in [0.15, 0.2) is 0 Å². The third-order valence-corrected chi connectivity index (χ3v) is 5.09. The molecule has 0 spiro atoms. The van der Waals surface area contributed by atoms with Gasteiger partial charge in [0.2, 0.25) is 0 Å². The predicted octanol–water partition coefficient (Wildman–Crippen LogP) is 5.44. The second-order valence-electron chi connectivity index (χ2n) is 4.21. The normalized spacial score (nSPS) is 14.6. The summed E-state index contributed by atoms with van der Waals surface area (Å²) < 4.78 is 0. The molecule has 1 nitrogen and oxygen atoms in total. The molecule has 1 N–H and O–H groups in total. The lowest BCUT2D eigenvalue weighted by atomic mass is 10.1. The lowest BCUT2D eigenvalue weighted by Crippen LogP contribution is -2.31. The molecule has 2 atom stereocenters. The Bertz CT molecular complexity index is 398. The van der Waals surface area contributed by atoms with Crippen LogP contribution in [0.4, 0.5) is 0 Å². The highest BCUT2D eigenvalue weighted by Crippen LogP contribution is 2.35. The molecule has 0 bridgehead atoms. The summed E-state index contributed by atoms with van der Waals surface area (Å²) in [7, 11) is 0. The van der Waals surface area contributed by atoms with Gasteiger partial charge in [0.1, 0.15) is 0 Å². The van der Waals surface area contributed by atoms with Crippen molar-refractivity contribution in [3.05, 3.63) is 32.8 Å². The van der Waals surface area contributed by atoms with Gasteiger partial charge < -0.3 is 5.32 Å². The van der Waals surface area contributed by atoms with Crippen LogP contribution in [0.5, 0.6) is 0 Å². The van der Waals surface area contributed by atoms with E-state index >= 15 is 0 Å². The van der Waals surface area contributed by atoms with E-state index in [0.29, 0.717) is 21.1 Å². The molecule has 2 unspecified atom stereocenters. The van der Waals surface area contributed by atoms with Crippen LogP contribution in [0.25, 0.3) is 0 Å². The monoisotopic (exact) mass is 325 g/mol. The number of thioether (sulfide) groups is 1. The molecule has 0 radical (unpaired) electrons. The molecular weight excluding hydrogens is 309 g/mol.